The van der Waals surface area contributed by atoms with Crippen LogP contribution in [0.3, 0.4) is 0 Å². The highest BCUT2D eigenvalue weighted by Crippen LogP contribution is 2.20. The Morgan fingerprint density at radius 3 is 2.54 bits per heavy atom. The molecule has 1 amide bonds. The van der Waals surface area contributed by atoms with E-state index in [4.69, 9.17) is 0 Å². The molecule has 2 N–H and O–H groups in total. The van der Waals surface area contributed by atoms with Gasteiger partial charge in [-0.15, -0.1) is 0 Å². The Kier molecular flexibility index (Phi) is 5.22. The van der Waals surface area contributed by atoms with Crippen molar-refractivity contribution in [2.45, 2.75) is 13.3 Å². The molecule has 0 bridgehead atoms. The van der Waals surface area contributed by atoms with Crippen LogP contribution < -0.4 is 10.6 Å². The van der Waals surface area contributed by atoms with Gasteiger partial charge in [0, 0.05) is 18.0 Å². The van der Waals surface area contributed by atoms with Gasteiger partial charge in [-0.3, -0.25) is 4.79 Å². The topological polar surface area (TPSA) is 54.0 Å². The molecule has 0 aliphatic rings. The number of carbonyl (C=O) groups is 1. The van der Waals surface area contributed by atoms with Gasteiger partial charge in [-0.1, -0.05) is 25.1 Å². The molecule has 0 spiro atoms. The van der Waals surface area contributed by atoms with Gasteiger partial charge in [-0.05, 0) is 42.3 Å². The minimum absolute atomic E-state index is 0.105. The summed E-state index contributed by atoms with van der Waals surface area (Å²) >= 11 is 0. The Morgan fingerprint density at radius 1 is 1.04 bits per heavy atom. The number of rotatable bonds is 5. The molecule has 132 valence electrons. The summed E-state index contributed by atoms with van der Waals surface area (Å²) in [6.45, 7) is 2.02. The van der Waals surface area contributed by atoms with Crippen LogP contribution in [0.5, 0.6) is 0 Å². The summed E-state index contributed by atoms with van der Waals surface area (Å²) in [5.74, 6) is -1.30. The van der Waals surface area contributed by atoms with Gasteiger partial charge in [0.2, 0.25) is 0 Å². The normalized spacial score (nSPS) is 10.4. The number of aromatic nitrogens is 1. The van der Waals surface area contributed by atoms with E-state index in [9.17, 15) is 13.6 Å². The highest BCUT2D eigenvalue weighted by Gasteiger charge is 2.10. The van der Waals surface area contributed by atoms with E-state index in [1.165, 1.54) is 12.3 Å². The minimum atomic E-state index is -0.718. The lowest BCUT2D eigenvalue weighted by Gasteiger charge is -2.10. The van der Waals surface area contributed by atoms with Crippen molar-refractivity contribution in [2.24, 2.45) is 0 Å². The molecule has 26 heavy (non-hydrogen) atoms. The highest BCUT2D eigenvalue weighted by molar-refractivity contribution is 6.04. The van der Waals surface area contributed by atoms with Gasteiger partial charge in [0.05, 0.1) is 11.3 Å². The van der Waals surface area contributed by atoms with E-state index in [0.29, 0.717) is 11.4 Å². The Labute approximate surface area is 149 Å². The first-order valence-corrected chi connectivity index (χ1v) is 8.14. The summed E-state index contributed by atoms with van der Waals surface area (Å²) < 4.78 is 26.6. The lowest BCUT2D eigenvalue weighted by Crippen LogP contribution is -2.13. The van der Waals surface area contributed by atoms with Gasteiger partial charge in [-0.25, -0.2) is 13.8 Å². The number of nitrogens with zero attached hydrogens (tertiary/aromatic N) is 1. The van der Waals surface area contributed by atoms with Crippen LogP contribution in [0.1, 0.15) is 22.8 Å². The van der Waals surface area contributed by atoms with Gasteiger partial charge in [0.1, 0.15) is 17.5 Å². The van der Waals surface area contributed by atoms with Crippen molar-refractivity contribution in [3.63, 3.8) is 0 Å². The number of halogens is 2. The molecule has 0 aliphatic carbocycles. The van der Waals surface area contributed by atoms with Crippen LogP contribution in [0.2, 0.25) is 0 Å². The molecule has 1 heterocycles. The lowest BCUT2D eigenvalue weighted by atomic mass is 10.1. The molecule has 3 aromatic rings. The average molecular weight is 353 g/mol. The third-order valence-corrected chi connectivity index (χ3v) is 3.87. The number of nitrogens with one attached hydrogen (secondary N) is 2. The zero-order chi connectivity index (χ0) is 18.5. The van der Waals surface area contributed by atoms with E-state index in [1.807, 2.05) is 31.2 Å². The number of para-hydroxylation sites is 1. The van der Waals surface area contributed by atoms with Crippen LogP contribution >= 0.6 is 0 Å². The summed E-state index contributed by atoms with van der Waals surface area (Å²) in [6.07, 6.45) is 2.20. The smallest absolute Gasteiger partial charge is 0.257 e. The number of hydrogen-bond donors (Lipinski definition) is 2. The third kappa shape index (κ3) is 4.03. The molecule has 0 atom stereocenters. The van der Waals surface area contributed by atoms with Crippen molar-refractivity contribution in [2.75, 3.05) is 10.6 Å². The second kappa shape index (κ2) is 7.74. The number of hydrogen-bond acceptors (Lipinski definition) is 3. The largest absolute Gasteiger partial charge is 0.338 e. The quantitative estimate of drug-likeness (QED) is 0.685. The number of amides is 1. The Hall–Kier alpha value is -3.28. The number of pyridine rings is 1. The van der Waals surface area contributed by atoms with Gasteiger partial charge in [0.25, 0.3) is 5.91 Å². The fraction of sp³-hybridized carbons (Fsp3) is 0.100. The zero-order valence-corrected chi connectivity index (χ0v) is 14.1. The zero-order valence-electron chi connectivity index (χ0n) is 14.1. The summed E-state index contributed by atoms with van der Waals surface area (Å²) in [5, 5.41) is 5.61. The predicted octanol–water partition coefficient (Wildman–Crippen LogP) is 4.92. The van der Waals surface area contributed by atoms with Crippen LogP contribution in [0.4, 0.5) is 26.0 Å². The van der Waals surface area contributed by atoms with Crippen molar-refractivity contribution >= 4 is 23.1 Å². The van der Waals surface area contributed by atoms with Crippen LogP contribution in [-0.4, -0.2) is 10.9 Å². The molecule has 0 fully saturated rings. The van der Waals surface area contributed by atoms with E-state index in [2.05, 4.69) is 15.6 Å². The average Bonchev–Trinajstić information content (AvgIpc) is 2.65. The SMILES string of the molecule is CCc1ccccc1NC(=O)c1ccc(Nc2ccc(F)cc2F)nc1. The van der Waals surface area contributed by atoms with Crippen molar-refractivity contribution in [1.29, 1.82) is 0 Å². The summed E-state index contributed by atoms with van der Waals surface area (Å²) in [4.78, 5) is 16.5. The Morgan fingerprint density at radius 2 is 1.85 bits per heavy atom. The van der Waals surface area contributed by atoms with E-state index < -0.39 is 11.6 Å². The van der Waals surface area contributed by atoms with Crippen LogP contribution in [0, 0.1) is 11.6 Å². The van der Waals surface area contributed by atoms with E-state index in [1.54, 1.807) is 12.1 Å². The standard InChI is InChI=1S/C20H17F2N3O/c1-2-13-5-3-4-6-17(13)25-20(26)14-7-10-19(23-12-14)24-18-9-8-15(21)11-16(18)22/h3-12H,2H2,1H3,(H,23,24)(H,25,26). The van der Waals surface area contributed by atoms with E-state index in [0.717, 1.165) is 29.8 Å². The molecule has 0 unspecified atom stereocenters. The number of benzene rings is 2. The second-order valence-corrected chi connectivity index (χ2v) is 5.65. The monoisotopic (exact) mass is 353 g/mol. The number of carbonyl (C=O) groups excluding carboxylic acids is 1. The molecule has 6 heteroatoms. The lowest BCUT2D eigenvalue weighted by molar-refractivity contribution is 0.102. The molecule has 4 nitrogen and oxygen atoms in total. The van der Waals surface area contributed by atoms with Gasteiger partial charge in [-0.2, -0.15) is 0 Å². The van der Waals surface area contributed by atoms with Gasteiger partial charge in [0.15, 0.2) is 0 Å². The van der Waals surface area contributed by atoms with Crippen LogP contribution in [0.15, 0.2) is 60.8 Å². The molecule has 0 aliphatic heterocycles. The maximum absolute atomic E-state index is 13.7. The maximum atomic E-state index is 13.7. The summed E-state index contributed by atoms with van der Waals surface area (Å²) in [7, 11) is 0. The van der Waals surface area contributed by atoms with Crippen LogP contribution in [0.25, 0.3) is 0 Å². The Bertz CT molecular complexity index is 927. The minimum Gasteiger partial charge on any atom is -0.338 e. The van der Waals surface area contributed by atoms with Crippen molar-refractivity contribution in [3.05, 3.63) is 83.6 Å². The van der Waals surface area contributed by atoms with Crippen LogP contribution in [-0.2, 0) is 6.42 Å². The van der Waals surface area contributed by atoms with Crippen molar-refractivity contribution < 1.29 is 13.6 Å². The summed E-state index contributed by atoms with van der Waals surface area (Å²) in [6, 6.07) is 13.9. The number of aryl methyl sites for hydroxylation is 1. The van der Waals surface area contributed by atoms with Crippen molar-refractivity contribution in [1.82, 2.24) is 4.98 Å². The molecule has 0 saturated carbocycles. The van der Waals surface area contributed by atoms with E-state index in [-0.39, 0.29) is 11.6 Å². The molecular formula is C20H17F2N3O. The van der Waals surface area contributed by atoms with Gasteiger partial charge < -0.3 is 10.6 Å². The first-order chi connectivity index (χ1) is 12.6. The molecule has 0 radical (unpaired) electrons. The van der Waals surface area contributed by atoms with E-state index >= 15 is 0 Å². The fourth-order valence-electron chi connectivity index (χ4n) is 2.48. The maximum Gasteiger partial charge on any atom is 0.257 e. The highest BCUT2D eigenvalue weighted by atomic mass is 19.1. The van der Waals surface area contributed by atoms with Gasteiger partial charge >= 0.3 is 0 Å². The molecule has 3 rings (SSSR count). The second-order valence-electron chi connectivity index (χ2n) is 5.65. The summed E-state index contributed by atoms with van der Waals surface area (Å²) in [5.41, 5.74) is 2.28. The molecule has 2 aromatic carbocycles. The fourth-order valence-corrected chi connectivity index (χ4v) is 2.48. The predicted molar refractivity (Wildman–Crippen MR) is 97.7 cm³/mol. The first kappa shape index (κ1) is 17.5. The molecule has 1 aromatic heterocycles. The molecule has 0 saturated heterocycles. The Balaban J connectivity index is 1.71. The number of anilines is 3. The first-order valence-electron chi connectivity index (χ1n) is 8.14. The molecular weight excluding hydrogens is 336 g/mol. The third-order valence-electron chi connectivity index (χ3n) is 3.87. The van der Waals surface area contributed by atoms with Crippen molar-refractivity contribution in [3.8, 4) is 0 Å².